The van der Waals surface area contributed by atoms with Gasteiger partial charge in [-0.05, 0) is 49.2 Å². The first kappa shape index (κ1) is 15.0. The van der Waals surface area contributed by atoms with Crippen LogP contribution in [0.5, 0.6) is 0 Å². The Morgan fingerprint density at radius 3 is 2.75 bits per heavy atom. The molecule has 0 spiro atoms. The fourth-order valence-electron chi connectivity index (χ4n) is 2.28. The van der Waals surface area contributed by atoms with Gasteiger partial charge < -0.3 is 5.32 Å². The van der Waals surface area contributed by atoms with Crippen LogP contribution < -0.4 is 5.32 Å². The van der Waals surface area contributed by atoms with Crippen molar-refractivity contribution in [2.45, 2.75) is 32.2 Å². The molecule has 0 amide bonds. The van der Waals surface area contributed by atoms with Crippen LogP contribution in [0.2, 0.25) is 5.02 Å². The molecule has 1 unspecified atom stereocenters. The highest BCUT2D eigenvalue weighted by Crippen LogP contribution is 2.13. The van der Waals surface area contributed by atoms with Crippen LogP contribution in [-0.2, 0) is 12.8 Å². The monoisotopic (exact) mass is 288 g/mol. The molecule has 0 saturated carbocycles. The number of hydrogen-bond donors (Lipinski definition) is 1. The molecular weight excluding hydrogens is 268 g/mol. The molecule has 20 heavy (non-hydrogen) atoms. The zero-order valence-corrected chi connectivity index (χ0v) is 12.6. The molecule has 0 aliphatic rings. The van der Waals surface area contributed by atoms with Gasteiger partial charge in [-0.2, -0.15) is 0 Å². The van der Waals surface area contributed by atoms with E-state index in [9.17, 15) is 0 Å². The van der Waals surface area contributed by atoms with E-state index in [1.807, 2.05) is 36.5 Å². The summed E-state index contributed by atoms with van der Waals surface area (Å²) in [5.74, 6) is 0. The Bertz CT molecular complexity index is 513. The Balaban J connectivity index is 2.03. The van der Waals surface area contributed by atoms with Crippen LogP contribution in [0.15, 0.2) is 48.7 Å². The van der Waals surface area contributed by atoms with Gasteiger partial charge in [0.15, 0.2) is 0 Å². The van der Waals surface area contributed by atoms with Gasteiger partial charge in [-0.1, -0.05) is 36.7 Å². The molecule has 2 rings (SSSR count). The van der Waals surface area contributed by atoms with E-state index in [0.29, 0.717) is 6.04 Å². The molecule has 1 N–H and O–H groups in total. The molecule has 0 bridgehead atoms. The average molecular weight is 289 g/mol. The molecule has 1 aromatic heterocycles. The topological polar surface area (TPSA) is 24.9 Å². The number of rotatable bonds is 7. The Morgan fingerprint density at radius 1 is 1.15 bits per heavy atom. The third-order valence-corrected chi connectivity index (χ3v) is 3.47. The van der Waals surface area contributed by atoms with E-state index in [2.05, 4.69) is 29.4 Å². The van der Waals surface area contributed by atoms with Crippen molar-refractivity contribution in [3.05, 3.63) is 64.9 Å². The van der Waals surface area contributed by atoms with Crippen LogP contribution in [0.3, 0.4) is 0 Å². The lowest BCUT2D eigenvalue weighted by atomic mass is 10.0. The summed E-state index contributed by atoms with van der Waals surface area (Å²) in [6, 6.07) is 14.6. The Morgan fingerprint density at radius 2 is 2.05 bits per heavy atom. The van der Waals surface area contributed by atoms with Crippen LogP contribution in [0.1, 0.15) is 24.6 Å². The van der Waals surface area contributed by atoms with Gasteiger partial charge in [0, 0.05) is 29.4 Å². The van der Waals surface area contributed by atoms with Crippen molar-refractivity contribution in [3.8, 4) is 0 Å². The number of pyridine rings is 1. The third kappa shape index (κ3) is 4.95. The van der Waals surface area contributed by atoms with E-state index in [0.717, 1.165) is 36.5 Å². The Kier molecular flexibility index (Phi) is 6.03. The average Bonchev–Trinajstić information content (AvgIpc) is 2.46. The highest BCUT2D eigenvalue weighted by Gasteiger charge is 2.10. The van der Waals surface area contributed by atoms with E-state index in [-0.39, 0.29) is 0 Å². The van der Waals surface area contributed by atoms with E-state index >= 15 is 0 Å². The molecular formula is C17H21ClN2. The van der Waals surface area contributed by atoms with Crippen molar-refractivity contribution in [2.75, 3.05) is 6.54 Å². The van der Waals surface area contributed by atoms with Crippen molar-refractivity contribution in [1.29, 1.82) is 0 Å². The standard InChI is InChI=1S/C17H21ClN2/c1-2-9-19-17(13-16-8-3-4-10-20-16)12-14-6-5-7-15(18)11-14/h3-8,10-11,17,19H,2,9,12-13H2,1H3. The van der Waals surface area contributed by atoms with Crippen molar-refractivity contribution >= 4 is 11.6 Å². The second kappa shape index (κ2) is 8.03. The van der Waals surface area contributed by atoms with E-state index in [4.69, 9.17) is 11.6 Å². The number of nitrogens with one attached hydrogen (secondary N) is 1. The second-order valence-electron chi connectivity index (χ2n) is 5.01. The van der Waals surface area contributed by atoms with E-state index < -0.39 is 0 Å². The lowest BCUT2D eigenvalue weighted by Crippen LogP contribution is -2.34. The molecule has 1 aromatic carbocycles. The maximum atomic E-state index is 6.06. The number of nitrogens with zero attached hydrogens (tertiary/aromatic N) is 1. The lowest BCUT2D eigenvalue weighted by Gasteiger charge is -2.18. The molecule has 0 aliphatic carbocycles. The molecule has 0 aliphatic heterocycles. The summed E-state index contributed by atoms with van der Waals surface area (Å²) in [5, 5.41) is 4.40. The molecule has 2 nitrogen and oxygen atoms in total. The first-order chi connectivity index (χ1) is 9.78. The van der Waals surface area contributed by atoms with Gasteiger partial charge in [0.2, 0.25) is 0 Å². The summed E-state index contributed by atoms with van der Waals surface area (Å²) in [6.45, 7) is 3.21. The fourth-order valence-corrected chi connectivity index (χ4v) is 2.50. The highest BCUT2D eigenvalue weighted by molar-refractivity contribution is 6.30. The van der Waals surface area contributed by atoms with Crippen molar-refractivity contribution in [3.63, 3.8) is 0 Å². The first-order valence-corrected chi connectivity index (χ1v) is 7.53. The van der Waals surface area contributed by atoms with Gasteiger partial charge in [0.1, 0.15) is 0 Å². The number of benzene rings is 1. The first-order valence-electron chi connectivity index (χ1n) is 7.15. The van der Waals surface area contributed by atoms with Crippen LogP contribution in [0.4, 0.5) is 0 Å². The van der Waals surface area contributed by atoms with Crippen LogP contribution in [-0.4, -0.2) is 17.6 Å². The van der Waals surface area contributed by atoms with Gasteiger partial charge in [-0.3, -0.25) is 4.98 Å². The van der Waals surface area contributed by atoms with Gasteiger partial charge in [0.05, 0.1) is 0 Å². The Labute approximate surface area is 126 Å². The van der Waals surface area contributed by atoms with Crippen LogP contribution in [0.25, 0.3) is 0 Å². The zero-order valence-electron chi connectivity index (χ0n) is 11.8. The molecule has 2 aromatic rings. The quantitative estimate of drug-likeness (QED) is 0.836. The molecule has 0 radical (unpaired) electrons. The second-order valence-corrected chi connectivity index (χ2v) is 5.45. The number of halogens is 1. The van der Waals surface area contributed by atoms with Gasteiger partial charge in [-0.15, -0.1) is 0 Å². The molecule has 0 fully saturated rings. The highest BCUT2D eigenvalue weighted by atomic mass is 35.5. The van der Waals surface area contributed by atoms with Gasteiger partial charge >= 0.3 is 0 Å². The summed E-state index contributed by atoms with van der Waals surface area (Å²) in [6.07, 6.45) is 4.89. The Hall–Kier alpha value is -1.38. The lowest BCUT2D eigenvalue weighted by molar-refractivity contribution is 0.500. The molecule has 0 saturated heterocycles. The molecule has 1 heterocycles. The molecule has 106 valence electrons. The maximum Gasteiger partial charge on any atom is 0.0419 e. The SMILES string of the molecule is CCCNC(Cc1cccc(Cl)c1)Cc1ccccn1. The normalized spacial score (nSPS) is 12.3. The van der Waals surface area contributed by atoms with Crippen molar-refractivity contribution in [2.24, 2.45) is 0 Å². The maximum absolute atomic E-state index is 6.06. The van der Waals surface area contributed by atoms with Crippen molar-refractivity contribution < 1.29 is 0 Å². The number of aromatic nitrogens is 1. The number of hydrogen-bond acceptors (Lipinski definition) is 2. The summed E-state index contributed by atoms with van der Waals surface area (Å²) in [7, 11) is 0. The summed E-state index contributed by atoms with van der Waals surface area (Å²) in [5.41, 5.74) is 2.39. The minimum Gasteiger partial charge on any atom is -0.313 e. The largest absolute Gasteiger partial charge is 0.313 e. The van der Waals surface area contributed by atoms with Gasteiger partial charge in [-0.25, -0.2) is 0 Å². The fraction of sp³-hybridized carbons (Fsp3) is 0.353. The third-order valence-electron chi connectivity index (χ3n) is 3.24. The van der Waals surface area contributed by atoms with E-state index in [1.165, 1.54) is 5.56 Å². The van der Waals surface area contributed by atoms with Gasteiger partial charge in [0.25, 0.3) is 0 Å². The summed E-state index contributed by atoms with van der Waals surface area (Å²) >= 11 is 6.06. The summed E-state index contributed by atoms with van der Waals surface area (Å²) in [4.78, 5) is 4.42. The molecule has 1 atom stereocenters. The molecule has 3 heteroatoms. The smallest absolute Gasteiger partial charge is 0.0419 e. The predicted octanol–water partition coefficient (Wildman–Crippen LogP) is 3.89. The zero-order chi connectivity index (χ0) is 14.2. The van der Waals surface area contributed by atoms with Crippen molar-refractivity contribution in [1.82, 2.24) is 10.3 Å². The predicted molar refractivity (Wildman–Crippen MR) is 85.2 cm³/mol. The van der Waals surface area contributed by atoms with Crippen LogP contribution >= 0.6 is 11.6 Å². The van der Waals surface area contributed by atoms with E-state index in [1.54, 1.807) is 0 Å². The minimum absolute atomic E-state index is 0.392. The summed E-state index contributed by atoms with van der Waals surface area (Å²) < 4.78 is 0. The van der Waals surface area contributed by atoms with Crippen LogP contribution in [0, 0.1) is 0 Å². The minimum atomic E-state index is 0.392.